The zero-order valence-corrected chi connectivity index (χ0v) is 21.4. The van der Waals surface area contributed by atoms with Crippen LogP contribution in [-0.2, 0) is 4.84 Å². The van der Waals surface area contributed by atoms with Gasteiger partial charge in [-0.2, -0.15) is 0 Å². The van der Waals surface area contributed by atoms with Gasteiger partial charge in [0.1, 0.15) is 11.4 Å². The van der Waals surface area contributed by atoms with Crippen molar-refractivity contribution in [1.82, 2.24) is 0 Å². The van der Waals surface area contributed by atoms with Crippen LogP contribution < -0.4 is 4.74 Å². The maximum absolute atomic E-state index is 11.5. The molecule has 1 heterocycles. The molecule has 1 aliphatic heterocycles. The van der Waals surface area contributed by atoms with Crippen molar-refractivity contribution >= 4 is 5.71 Å². The van der Waals surface area contributed by atoms with E-state index in [-0.39, 0.29) is 17.4 Å². The van der Waals surface area contributed by atoms with Crippen LogP contribution in [0.15, 0.2) is 29.4 Å². The van der Waals surface area contributed by atoms with Crippen LogP contribution in [0, 0.1) is 22.7 Å². The van der Waals surface area contributed by atoms with E-state index < -0.39 is 11.2 Å². The second kappa shape index (κ2) is 8.57. The summed E-state index contributed by atoms with van der Waals surface area (Å²) in [6.07, 6.45) is 7.15. The minimum atomic E-state index is -1.01. The predicted molar refractivity (Wildman–Crippen MR) is 131 cm³/mol. The van der Waals surface area contributed by atoms with Gasteiger partial charge in [-0.25, -0.2) is 0 Å². The fourth-order valence-electron chi connectivity index (χ4n) is 7.53. The summed E-state index contributed by atoms with van der Waals surface area (Å²) in [5.41, 5.74) is 0.538. The largest absolute Gasteiger partial charge is 0.497 e. The molecule has 0 unspecified atom stereocenters. The average molecular weight is 458 g/mol. The van der Waals surface area contributed by atoms with Crippen molar-refractivity contribution in [2.45, 2.75) is 103 Å². The molecular weight excluding hydrogens is 414 g/mol. The highest BCUT2D eigenvalue weighted by molar-refractivity contribution is 6.01. The van der Waals surface area contributed by atoms with Gasteiger partial charge in [0.15, 0.2) is 6.10 Å². The number of hydrogen-bond donors (Lipinski definition) is 2. The molecule has 2 saturated carbocycles. The first-order valence-corrected chi connectivity index (χ1v) is 12.7. The molecule has 5 heteroatoms. The lowest BCUT2D eigenvalue weighted by atomic mass is 9.45. The minimum absolute atomic E-state index is 0.0981. The van der Waals surface area contributed by atoms with Crippen molar-refractivity contribution in [2.24, 2.45) is 27.8 Å². The Hall–Kier alpha value is -1.59. The molecule has 3 aliphatic rings. The van der Waals surface area contributed by atoms with E-state index in [2.05, 4.69) is 25.9 Å². The van der Waals surface area contributed by atoms with E-state index >= 15 is 0 Å². The first-order chi connectivity index (χ1) is 15.4. The van der Waals surface area contributed by atoms with Crippen LogP contribution in [0.2, 0.25) is 0 Å². The molecule has 2 N–H and O–H groups in total. The summed E-state index contributed by atoms with van der Waals surface area (Å²) in [4.78, 5) is 5.74. The Morgan fingerprint density at radius 2 is 1.82 bits per heavy atom. The first-order valence-electron chi connectivity index (χ1n) is 12.7. The molecule has 1 aromatic carbocycles. The maximum atomic E-state index is 11.5. The van der Waals surface area contributed by atoms with Gasteiger partial charge in [-0.15, -0.1) is 0 Å². The first kappa shape index (κ1) is 24.5. The SMILES string of the molecule is COc1ccc(C2=NO[C@H]([C@](C)(O)CC[C@H]3[C@@]4(C)CCCC(C)(C)[C@H]4CC[C@@]3(C)O)C2)cc1. The normalized spacial score (nSPS) is 37.5. The second-order valence-electron chi connectivity index (χ2n) is 12.3. The molecule has 6 atom stereocenters. The summed E-state index contributed by atoms with van der Waals surface area (Å²) in [5.74, 6) is 1.58. The van der Waals surface area contributed by atoms with Crippen molar-refractivity contribution in [3.8, 4) is 5.75 Å². The molecule has 2 aliphatic carbocycles. The molecule has 5 nitrogen and oxygen atoms in total. The van der Waals surface area contributed by atoms with Crippen LogP contribution in [0.25, 0.3) is 0 Å². The van der Waals surface area contributed by atoms with Crippen molar-refractivity contribution in [3.63, 3.8) is 0 Å². The minimum Gasteiger partial charge on any atom is -0.497 e. The number of methoxy groups -OCH3 is 1. The molecule has 2 fully saturated rings. The molecule has 0 amide bonds. The lowest BCUT2D eigenvalue weighted by Crippen LogP contribution is -2.58. The van der Waals surface area contributed by atoms with E-state index in [0.717, 1.165) is 42.7 Å². The fourth-order valence-corrected chi connectivity index (χ4v) is 7.53. The van der Waals surface area contributed by atoms with Gasteiger partial charge in [-0.1, -0.05) is 32.3 Å². The molecule has 33 heavy (non-hydrogen) atoms. The summed E-state index contributed by atoms with van der Waals surface area (Å²) in [5, 5.41) is 27.2. The van der Waals surface area contributed by atoms with Crippen molar-refractivity contribution in [3.05, 3.63) is 29.8 Å². The summed E-state index contributed by atoms with van der Waals surface area (Å²) >= 11 is 0. The Labute approximate surface area is 199 Å². The Balaban J connectivity index is 1.44. The van der Waals surface area contributed by atoms with Gasteiger partial charge >= 0.3 is 0 Å². The molecule has 1 aromatic rings. The highest BCUT2D eigenvalue weighted by atomic mass is 16.7. The van der Waals surface area contributed by atoms with Gasteiger partial charge < -0.3 is 19.8 Å². The fraction of sp³-hybridized carbons (Fsp3) is 0.750. The lowest BCUT2D eigenvalue weighted by molar-refractivity contribution is -0.176. The van der Waals surface area contributed by atoms with Crippen LogP contribution in [0.4, 0.5) is 0 Å². The second-order valence-corrected chi connectivity index (χ2v) is 12.3. The molecule has 184 valence electrons. The number of nitrogens with zero attached hydrogens (tertiary/aromatic N) is 1. The van der Waals surface area contributed by atoms with E-state index in [1.54, 1.807) is 7.11 Å². The van der Waals surface area contributed by atoms with Gasteiger partial charge in [0.25, 0.3) is 0 Å². The smallest absolute Gasteiger partial charge is 0.161 e. The molecule has 0 saturated heterocycles. The number of ether oxygens (including phenoxy) is 1. The Bertz CT molecular complexity index is 872. The lowest BCUT2D eigenvalue weighted by Gasteiger charge is -2.61. The van der Waals surface area contributed by atoms with E-state index in [0.29, 0.717) is 24.2 Å². The predicted octanol–water partition coefficient (Wildman–Crippen LogP) is 5.71. The average Bonchev–Trinajstić information content (AvgIpc) is 3.23. The van der Waals surface area contributed by atoms with E-state index in [1.807, 2.05) is 38.1 Å². The molecular formula is C28H43NO4. The van der Waals surface area contributed by atoms with Crippen LogP contribution in [0.1, 0.15) is 91.5 Å². The van der Waals surface area contributed by atoms with Gasteiger partial charge in [-0.05, 0) is 105 Å². The number of aliphatic hydroxyl groups is 2. The number of oxime groups is 1. The van der Waals surface area contributed by atoms with Crippen molar-refractivity contribution in [1.29, 1.82) is 0 Å². The Kier molecular flexibility index (Phi) is 6.37. The van der Waals surface area contributed by atoms with Crippen molar-refractivity contribution in [2.75, 3.05) is 7.11 Å². The zero-order valence-electron chi connectivity index (χ0n) is 21.4. The van der Waals surface area contributed by atoms with Crippen LogP contribution in [-0.4, -0.2) is 40.3 Å². The Morgan fingerprint density at radius 1 is 1.12 bits per heavy atom. The summed E-state index contributed by atoms with van der Waals surface area (Å²) in [6, 6.07) is 7.78. The maximum Gasteiger partial charge on any atom is 0.161 e. The third-order valence-corrected chi connectivity index (χ3v) is 9.49. The quantitative estimate of drug-likeness (QED) is 0.574. The number of fused-ring (bicyclic) bond motifs is 1. The summed E-state index contributed by atoms with van der Waals surface area (Å²) in [7, 11) is 1.65. The summed E-state index contributed by atoms with van der Waals surface area (Å²) in [6.45, 7) is 11.1. The molecule has 4 rings (SSSR count). The third kappa shape index (κ3) is 4.55. The van der Waals surface area contributed by atoms with Gasteiger partial charge in [0.2, 0.25) is 0 Å². The topological polar surface area (TPSA) is 71.3 Å². The Morgan fingerprint density at radius 3 is 2.48 bits per heavy atom. The van der Waals surface area contributed by atoms with E-state index in [9.17, 15) is 10.2 Å². The molecule has 0 spiro atoms. The van der Waals surface area contributed by atoms with Crippen LogP contribution >= 0.6 is 0 Å². The van der Waals surface area contributed by atoms with Crippen LogP contribution in [0.5, 0.6) is 5.75 Å². The summed E-state index contributed by atoms with van der Waals surface area (Å²) < 4.78 is 5.24. The number of benzene rings is 1. The van der Waals surface area contributed by atoms with E-state index in [4.69, 9.17) is 9.57 Å². The molecule has 0 bridgehead atoms. The third-order valence-electron chi connectivity index (χ3n) is 9.49. The monoisotopic (exact) mass is 457 g/mol. The standard InChI is InChI=1S/C28H43NO4/c1-25(2)14-7-15-26(3)22(25)12-16-27(4,30)23(26)13-17-28(5,31)24-18-21(29-33-24)19-8-10-20(32-6)11-9-19/h8-11,22-24,30-31H,7,12-18H2,1-6H3/t22-,23+,24+,26+,27-,28-/m1/s1. The molecule has 0 radical (unpaired) electrons. The molecule has 0 aromatic heterocycles. The highest BCUT2D eigenvalue weighted by Crippen LogP contribution is 2.63. The van der Waals surface area contributed by atoms with Gasteiger partial charge in [0.05, 0.1) is 18.4 Å². The number of rotatable bonds is 6. The van der Waals surface area contributed by atoms with E-state index in [1.165, 1.54) is 12.8 Å². The van der Waals surface area contributed by atoms with Crippen LogP contribution in [0.3, 0.4) is 0 Å². The highest BCUT2D eigenvalue weighted by Gasteiger charge is 2.58. The zero-order chi connectivity index (χ0) is 24.1. The number of hydrogen-bond acceptors (Lipinski definition) is 5. The van der Waals surface area contributed by atoms with Gasteiger partial charge in [-0.3, -0.25) is 0 Å². The van der Waals surface area contributed by atoms with Gasteiger partial charge in [0, 0.05) is 6.42 Å². The van der Waals surface area contributed by atoms with Crippen molar-refractivity contribution < 1.29 is 19.8 Å².